The molecule has 0 amide bonds. The minimum atomic E-state index is 0.411. The first-order valence-corrected chi connectivity index (χ1v) is 6.86. The molecule has 3 unspecified atom stereocenters. The van der Waals surface area contributed by atoms with E-state index in [9.17, 15) is 0 Å². The predicted octanol–water partition coefficient (Wildman–Crippen LogP) is 1.66. The van der Waals surface area contributed by atoms with Crippen molar-refractivity contribution in [1.29, 1.82) is 0 Å². The Hall–Kier alpha value is -1.75. The van der Waals surface area contributed by atoms with Crippen molar-refractivity contribution in [3.63, 3.8) is 0 Å². The highest BCUT2D eigenvalue weighted by Crippen LogP contribution is 2.39. The average Bonchev–Trinajstić information content (AvgIpc) is 3.15. The fourth-order valence-electron chi connectivity index (χ4n) is 3.27. The van der Waals surface area contributed by atoms with Crippen LogP contribution in [0.15, 0.2) is 29.0 Å². The molecule has 98 valence electrons. The van der Waals surface area contributed by atoms with Crippen molar-refractivity contribution >= 4 is 0 Å². The van der Waals surface area contributed by atoms with E-state index < -0.39 is 0 Å². The minimum absolute atomic E-state index is 0.411. The van der Waals surface area contributed by atoms with Gasteiger partial charge in [0.05, 0.1) is 5.92 Å². The van der Waals surface area contributed by atoms with E-state index in [1.807, 2.05) is 18.3 Å². The van der Waals surface area contributed by atoms with Crippen LogP contribution in [-0.4, -0.2) is 27.2 Å². The summed E-state index contributed by atoms with van der Waals surface area (Å²) in [6.07, 6.45) is 7.96. The first-order valence-electron chi connectivity index (χ1n) is 6.86. The Labute approximate surface area is 111 Å². The lowest BCUT2D eigenvalue weighted by Gasteiger charge is -2.15. The van der Waals surface area contributed by atoms with Gasteiger partial charge in [0, 0.05) is 30.9 Å². The van der Waals surface area contributed by atoms with Crippen LogP contribution >= 0.6 is 0 Å². The zero-order valence-corrected chi connectivity index (χ0v) is 10.6. The van der Waals surface area contributed by atoms with E-state index >= 15 is 0 Å². The number of hydrogen-bond acceptors (Lipinski definition) is 5. The molecule has 2 aliphatic heterocycles. The summed E-state index contributed by atoms with van der Waals surface area (Å²) in [4.78, 5) is 8.66. The second-order valence-electron chi connectivity index (χ2n) is 5.48. The van der Waals surface area contributed by atoms with Crippen LogP contribution in [0.4, 0.5) is 0 Å². The number of rotatable bonds is 3. The molecule has 1 N–H and O–H groups in total. The van der Waals surface area contributed by atoms with Gasteiger partial charge in [-0.05, 0) is 30.9 Å². The molecule has 5 heteroatoms. The van der Waals surface area contributed by atoms with Gasteiger partial charge < -0.3 is 9.84 Å². The Morgan fingerprint density at radius 1 is 1.37 bits per heavy atom. The highest BCUT2D eigenvalue weighted by atomic mass is 16.5. The molecular formula is C14H16N4O. The van der Waals surface area contributed by atoms with Gasteiger partial charge in [-0.2, -0.15) is 4.98 Å². The monoisotopic (exact) mass is 256 g/mol. The first kappa shape index (κ1) is 11.1. The largest absolute Gasteiger partial charge is 0.339 e. The van der Waals surface area contributed by atoms with Gasteiger partial charge in [0.2, 0.25) is 5.89 Å². The van der Waals surface area contributed by atoms with Gasteiger partial charge in [-0.3, -0.25) is 4.98 Å². The third kappa shape index (κ3) is 2.04. The molecule has 4 rings (SSSR count). The summed E-state index contributed by atoms with van der Waals surface area (Å²) in [6.45, 7) is 0. The Morgan fingerprint density at radius 3 is 3.11 bits per heavy atom. The Kier molecular flexibility index (Phi) is 2.58. The first-order chi connectivity index (χ1) is 9.38. The lowest BCUT2D eigenvalue weighted by Crippen LogP contribution is -2.21. The van der Waals surface area contributed by atoms with Crippen LogP contribution in [0.2, 0.25) is 0 Å². The van der Waals surface area contributed by atoms with Crippen molar-refractivity contribution in [3.8, 4) is 0 Å². The number of pyridine rings is 1. The lowest BCUT2D eigenvalue weighted by molar-refractivity contribution is 0.327. The van der Waals surface area contributed by atoms with Crippen LogP contribution in [-0.2, 0) is 6.42 Å². The second-order valence-corrected chi connectivity index (χ2v) is 5.48. The zero-order chi connectivity index (χ0) is 12.7. The number of nitrogens with one attached hydrogen (secondary N) is 1. The normalized spacial score (nSPS) is 28.9. The van der Waals surface area contributed by atoms with Crippen molar-refractivity contribution < 1.29 is 4.52 Å². The molecule has 2 aliphatic rings. The van der Waals surface area contributed by atoms with E-state index in [1.54, 1.807) is 6.20 Å². The molecule has 2 saturated heterocycles. The highest BCUT2D eigenvalue weighted by molar-refractivity contribution is 5.15. The van der Waals surface area contributed by atoms with Crippen molar-refractivity contribution in [2.24, 2.45) is 0 Å². The van der Waals surface area contributed by atoms with Gasteiger partial charge in [-0.15, -0.1) is 0 Å². The number of nitrogens with zero attached hydrogens (tertiary/aromatic N) is 3. The minimum Gasteiger partial charge on any atom is -0.339 e. The van der Waals surface area contributed by atoms with Crippen molar-refractivity contribution in [2.45, 2.75) is 43.7 Å². The number of fused-ring (bicyclic) bond motifs is 2. The molecule has 2 aromatic rings. The summed E-state index contributed by atoms with van der Waals surface area (Å²) < 4.78 is 5.45. The SMILES string of the molecule is c1cncc(Cc2noc(C3CC4CCC3N4)n2)c1. The molecule has 5 nitrogen and oxygen atoms in total. The van der Waals surface area contributed by atoms with E-state index in [4.69, 9.17) is 4.52 Å². The third-order valence-corrected chi connectivity index (χ3v) is 4.19. The molecule has 19 heavy (non-hydrogen) atoms. The summed E-state index contributed by atoms with van der Waals surface area (Å²) in [5, 5.41) is 7.70. The van der Waals surface area contributed by atoms with Gasteiger partial charge >= 0.3 is 0 Å². The van der Waals surface area contributed by atoms with Crippen LogP contribution in [0.25, 0.3) is 0 Å². The van der Waals surface area contributed by atoms with Crippen molar-refractivity contribution in [2.75, 3.05) is 0 Å². The van der Waals surface area contributed by atoms with E-state index in [-0.39, 0.29) is 0 Å². The molecule has 0 aromatic carbocycles. The van der Waals surface area contributed by atoms with Crippen molar-refractivity contribution in [3.05, 3.63) is 41.8 Å². The molecule has 0 spiro atoms. The Balaban J connectivity index is 1.51. The van der Waals surface area contributed by atoms with Crippen LogP contribution in [0.1, 0.15) is 42.5 Å². The standard InChI is InChI=1S/C14H16N4O/c1-2-9(8-15-5-1)6-13-17-14(19-18-13)11-7-10-3-4-12(11)16-10/h1-2,5,8,10-12,16H,3-4,6-7H2. The van der Waals surface area contributed by atoms with Gasteiger partial charge in [0.15, 0.2) is 5.82 Å². The van der Waals surface area contributed by atoms with E-state index in [0.717, 1.165) is 23.7 Å². The maximum atomic E-state index is 5.45. The van der Waals surface area contributed by atoms with Crippen LogP contribution in [0.3, 0.4) is 0 Å². The summed E-state index contributed by atoms with van der Waals surface area (Å²) >= 11 is 0. The van der Waals surface area contributed by atoms with Crippen LogP contribution in [0.5, 0.6) is 0 Å². The predicted molar refractivity (Wildman–Crippen MR) is 68.6 cm³/mol. The van der Waals surface area contributed by atoms with Gasteiger partial charge in [0.25, 0.3) is 0 Å². The summed E-state index contributed by atoms with van der Waals surface area (Å²) in [6, 6.07) is 5.15. The Bertz CT molecular complexity index is 568. The summed E-state index contributed by atoms with van der Waals surface area (Å²) in [7, 11) is 0. The summed E-state index contributed by atoms with van der Waals surface area (Å²) in [5.41, 5.74) is 1.11. The smallest absolute Gasteiger partial charge is 0.231 e. The molecular weight excluding hydrogens is 240 g/mol. The van der Waals surface area contributed by atoms with E-state index in [2.05, 4.69) is 20.4 Å². The average molecular weight is 256 g/mol. The van der Waals surface area contributed by atoms with Crippen molar-refractivity contribution in [1.82, 2.24) is 20.4 Å². The van der Waals surface area contributed by atoms with Gasteiger partial charge in [-0.25, -0.2) is 0 Å². The Morgan fingerprint density at radius 2 is 2.37 bits per heavy atom. The number of aromatic nitrogens is 3. The molecule has 2 bridgehead atoms. The van der Waals surface area contributed by atoms with Crippen LogP contribution in [0, 0.1) is 0 Å². The number of hydrogen-bond donors (Lipinski definition) is 1. The lowest BCUT2D eigenvalue weighted by atomic mass is 9.89. The molecule has 2 fully saturated rings. The summed E-state index contributed by atoms with van der Waals surface area (Å²) in [5.74, 6) is 1.97. The van der Waals surface area contributed by atoms with Gasteiger partial charge in [0.1, 0.15) is 0 Å². The molecule has 0 saturated carbocycles. The quantitative estimate of drug-likeness (QED) is 0.905. The molecule has 0 radical (unpaired) electrons. The van der Waals surface area contributed by atoms with Gasteiger partial charge in [-0.1, -0.05) is 11.2 Å². The van der Waals surface area contributed by atoms with E-state index in [0.29, 0.717) is 24.4 Å². The molecule has 3 atom stereocenters. The fourth-order valence-corrected chi connectivity index (χ4v) is 3.27. The second kappa shape index (κ2) is 4.42. The van der Waals surface area contributed by atoms with Crippen LogP contribution < -0.4 is 5.32 Å². The maximum absolute atomic E-state index is 5.45. The topological polar surface area (TPSA) is 63.8 Å². The highest BCUT2D eigenvalue weighted by Gasteiger charge is 2.42. The molecule has 4 heterocycles. The maximum Gasteiger partial charge on any atom is 0.231 e. The van der Waals surface area contributed by atoms with E-state index in [1.165, 1.54) is 12.8 Å². The zero-order valence-electron chi connectivity index (χ0n) is 10.6. The fraction of sp³-hybridized carbons (Fsp3) is 0.500. The molecule has 0 aliphatic carbocycles. The molecule has 2 aromatic heterocycles. The third-order valence-electron chi connectivity index (χ3n) is 4.19.